The molecule has 0 atom stereocenters. The molecule has 0 saturated heterocycles. The van der Waals surface area contributed by atoms with Crippen LogP contribution in [0.4, 0.5) is 5.82 Å². The van der Waals surface area contributed by atoms with E-state index in [4.69, 9.17) is 5.11 Å². The number of hydrogen-bond acceptors (Lipinski definition) is 4. The van der Waals surface area contributed by atoms with Crippen molar-refractivity contribution in [3.8, 4) is 0 Å². The zero-order valence-corrected chi connectivity index (χ0v) is 8.97. The number of aromatic nitrogens is 2. The zero-order valence-electron chi connectivity index (χ0n) is 8.97. The molecule has 0 aromatic carbocycles. The summed E-state index contributed by atoms with van der Waals surface area (Å²) in [6.07, 6.45) is 3.36. The predicted octanol–water partition coefficient (Wildman–Crippen LogP) is 1.09. The van der Waals surface area contributed by atoms with Gasteiger partial charge in [0.2, 0.25) is 0 Å². The molecule has 0 amide bonds. The van der Waals surface area contributed by atoms with Crippen LogP contribution in [0.1, 0.15) is 19.0 Å². The average molecular weight is 209 g/mol. The quantitative estimate of drug-likeness (QED) is 0.786. The number of aryl methyl sites for hydroxylation is 1. The Balaban J connectivity index is 2.74. The van der Waals surface area contributed by atoms with E-state index in [0.717, 1.165) is 18.1 Å². The van der Waals surface area contributed by atoms with Gasteiger partial charge in [-0.05, 0) is 13.8 Å². The lowest BCUT2D eigenvalue weighted by atomic mass is 10.3. The van der Waals surface area contributed by atoms with Crippen LogP contribution in [0.2, 0.25) is 0 Å². The molecular formula is C10H15N3O2. The van der Waals surface area contributed by atoms with Gasteiger partial charge in [-0.1, -0.05) is 0 Å². The molecule has 0 bridgehead atoms. The Morgan fingerprint density at radius 2 is 2.13 bits per heavy atom. The minimum atomic E-state index is -0.796. The van der Waals surface area contributed by atoms with E-state index < -0.39 is 5.97 Å². The molecule has 0 radical (unpaired) electrons. The minimum Gasteiger partial charge on any atom is -0.481 e. The van der Waals surface area contributed by atoms with E-state index in [1.165, 1.54) is 0 Å². The molecule has 1 aromatic heterocycles. The van der Waals surface area contributed by atoms with Crippen molar-refractivity contribution in [1.82, 2.24) is 9.97 Å². The van der Waals surface area contributed by atoms with Crippen LogP contribution in [-0.2, 0) is 4.79 Å². The molecule has 1 rings (SSSR count). The molecule has 0 spiro atoms. The summed E-state index contributed by atoms with van der Waals surface area (Å²) in [6.45, 7) is 5.03. The number of aliphatic carboxylic acids is 1. The van der Waals surface area contributed by atoms with Gasteiger partial charge in [0.1, 0.15) is 5.82 Å². The van der Waals surface area contributed by atoms with Gasteiger partial charge in [0.25, 0.3) is 0 Å². The number of hydrogen-bond donors (Lipinski definition) is 1. The number of carboxylic acids is 1. The Hall–Kier alpha value is -1.65. The molecule has 82 valence electrons. The van der Waals surface area contributed by atoms with Gasteiger partial charge in [0.05, 0.1) is 12.1 Å². The van der Waals surface area contributed by atoms with Crippen molar-refractivity contribution in [2.24, 2.45) is 0 Å². The van der Waals surface area contributed by atoms with Crippen molar-refractivity contribution in [3.63, 3.8) is 0 Å². The molecule has 1 N–H and O–H groups in total. The number of nitrogens with zero attached hydrogens (tertiary/aromatic N) is 3. The highest BCUT2D eigenvalue weighted by atomic mass is 16.4. The maximum absolute atomic E-state index is 10.5. The first kappa shape index (κ1) is 11.4. The molecule has 0 aliphatic carbocycles. The van der Waals surface area contributed by atoms with Crippen LogP contribution in [-0.4, -0.2) is 34.1 Å². The third-order valence-corrected chi connectivity index (χ3v) is 2.13. The van der Waals surface area contributed by atoms with Crippen molar-refractivity contribution in [3.05, 3.63) is 18.1 Å². The lowest BCUT2D eigenvalue weighted by molar-refractivity contribution is -0.136. The Labute approximate surface area is 88.8 Å². The summed E-state index contributed by atoms with van der Waals surface area (Å²) in [5, 5.41) is 8.61. The predicted molar refractivity (Wildman–Crippen MR) is 56.9 cm³/mol. The highest BCUT2D eigenvalue weighted by molar-refractivity contribution is 5.67. The van der Waals surface area contributed by atoms with Crippen LogP contribution in [0.25, 0.3) is 0 Å². The van der Waals surface area contributed by atoms with Gasteiger partial charge in [-0.25, -0.2) is 4.98 Å². The van der Waals surface area contributed by atoms with Crippen LogP contribution in [0.5, 0.6) is 0 Å². The Morgan fingerprint density at radius 3 is 2.67 bits per heavy atom. The topological polar surface area (TPSA) is 66.3 Å². The molecule has 5 heteroatoms. The fraction of sp³-hybridized carbons (Fsp3) is 0.500. The second-order valence-electron chi connectivity index (χ2n) is 3.19. The SMILES string of the molecule is CCN(CCC(=O)O)c1nccnc1C. The smallest absolute Gasteiger partial charge is 0.305 e. The van der Waals surface area contributed by atoms with Crippen LogP contribution >= 0.6 is 0 Å². The number of anilines is 1. The third kappa shape index (κ3) is 3.19. The molecule has 5 nitrogen and oxygen atoms in total. The Morgan fingerprint density at radius 1 is 1.47 bits per heavy atom. The summed E-state index contributed by atoms with van der Waals surface area (Å²) in [4.78, 5) is 20.7. The summed E-state index contributed by atoms with van der Waals surface area (Å²) in [6, 6.07) is 0. The van der Waals surface area contributed by atoms with E-state index >= 15 is 0 Å². The third-order valence-electron chi connectivity index (χ3n) is 2.13. The van der Waals surface area contributed by atoms with Gasteiger partial charge >= 0.3 is 5.97 Å². The second-order valence-corrected chi connectivity index (χ2v) is 3.19. The Kier molecular flexibility index (Phi) is 4.03. The highest BCUT2D eigenvalue weighted by Gasteiger charge is 2.10. The average Bonchev–Trinajstić information content (AvgIpc) is 2.21. The summed E-state index contributed by atoms with van der Waals surface area (Å²) >= 11 is 0. The van der Waals surface area contributed by atoms with E-state index in [9.17, 15) is 4.79 Å². The molecule has 0 saturated carbocycles. The first-order valence-electron chi connectivity index (χ1n) is 4.89. The van der Waals surface area contributed by atoms with Crippen LogP contribution in [0, 0.1) is 6.92 Å². The minimum absolute atomic E-state index is 0.115. The van der Waals surface area contributed by atoms with E-state index in [1.807, 2.05) is 18.7 Å². The Bertz CT molecular complexity index is 341. The molecule has 0 aliphatic rings. The van der Waals surface area contributed by atoms with Crippen molar-refractivity contribution >= 4 is 11.8 Å². The van der Waals surface area contributed by atoms with Crippen molar-refractivity contribution in [2.75, 3.05) is 18.0 Å². The maximum Gasteiger partial charge on any atom is 0.305 e. The molecule has 0 aliphatic heterocycles. The van der Waals surface area contributed by atoms with Gasteiger partial charge in [-0.3, -0.25) is 9.78 Å². The number of carbonyl (C=O) groups is 1. The maximum atomic E-state index is 10.5. The first-order valence-corrected chi connectivity index (χ1v) is 4.89. The number of carboxylic acid groups (broad SMARTS) is 1. The van der Waals surface area contributed by atoms with Gasteiger partial charge in [0.15, 0.2) is 0 Å². The van der Waals surface area contributed by atoms with E-state index in [-0.39, 0.29) is 6.42 Å². The summed E-state index contributed by atoms with van der Waals surface area (Å²) in [5.74, 6) is -0.0313. The summed E-state index contributed by atoms with van der Waals surface area (Å²) < 4.78 is 0. The first-order chi connectivity index (χ1) is 7.15. The van der Waals surface area contributed by atoms with E-state index in [2.05, 4.69) is 9.97 Å². The second kappa shape index (κ2) is 5.29. The van der Waals surface area contributed by atoms with Crippen molar-refractivity contribution < 1.29 is 9.90 Å². The molecule has 1 aromatic rings. The van der Waals surface area contributed by atoms with E-state index in [0.29, 0.717) is 6.54 Å². The zero-order chi connectivity index (χ0) is 11.3. The molecular weight excluding hydrogens is 194 g/mol. The number of rotatable bonds is 5. The monoisotopic (exact) mass is 209 g/mol. The van der Waals surface area contributed by atoms with Crippen molar-refractivity contribution in [1.29, 1.82) is 0 Å². The van der Waals surface area contributed by atoms with Gasteiger partial charge in [-0.2, -0.15) is 0 Å². The fourth-order valence-corrected chi connectivity index (χ4v) is 1.36. The van der Waals surface area contributed by atoms with E-state index in [1.54, 1.807) is 12.4 Å². The lowest BCUT2D eigenvalue weighted by Crippen LogP contribution is -2.27. The van der Waals surface area contributed by atoms with Crippen LogP contribution in [0.3, 0.4) is 0 Å². The molecule has 0 unspecified atom stereocenters. The fourth-order valence-electron chi connectivity index (χ4n) is 1.36. The van der Waals surface area contributed by atoms with Crippen molar-refractivity contribution in [2.45, 2.75) is 20.3 Å². The van der Waals surface area contributed by atoms with Gasteiger partial charge in [0, 0.05) is 25.5 Å². The molecule has 15 heavy (non-hydrogen) atoms. The molecule has 0 fully saturated rings. The summed E-state index contributed by atoms with van der Waals surface area (Å²) in [7, 11) is 0. The van der Waals surface area contributed by atoms with Gasteiger partial charge < -0.3 is 10.0 Å². The van der Waals surface area contributed by atoms with Crippen LogP contribution in [0.15, 0.2) is 12.4 Å². The van der Waals surface area contributed by atoms with Crippen LogP contribution < -0.4 is 4.90 Å². The highest BCUT2D eigenvalue weighted by Crippen LogP contribution is 2.13. The summed E-state index contributed by atoms with van der Waals surface area (Å²) in [5.41, 5.74) is 0.824. The molecule has 1 heterocycles. The lowest BCUT2D eigenvalue weighted by Gasteiger charge is -2.21. The standard InChI is InChI=1S/C10H15N3O2/c1-3-13(7-4-9(14)15)10-8(2)11-5-6-12-10/h5-6H,3-4,7H2,1-2H3,(H,14,15). The normalized spacial score (nSPS) is 10.0. The largest absolute Gasteiger partial charge is 0.481 e. The van der Waals surface area contributed by atoms with Gasteiger partial charge in [-0.15, -0.1) is 0 Å².